The average Bonchev–Trinajstić information content (AvgIpc) is 3.30. The predicted molar refractivity (Wildman–Crippen MR) is 92.1 cm³/mol. The summed E-state index contributed by atoms with van der Waals surface area (Å²) in [5.41, 5.74) is 8.63. The quantitative estimate of drug-likeness (QED) is 0.900. The van der Waals surface area contributed by atoms with Crippen molar-refractivity contribution in [2.24, 2.45) is 5.73 Å². The molecule has 0 radical (unpaired) electrons. The third kappa shape index (κ3) is 3.82. The van der Waals surface area contributed by atoms with Crippen molar-refractivity contribution < 1.29 is 4.79 Å². The third-order valence-electron chi connectivity index (χ3n) is 4.72. The van der Waals surface area contributed by atoms with Crippen LogP contribution in [0.5, 0.6) is 0 Å². The highest BCUT2D eigenvalue weighted by molar-refractivity contribution is 5.85. The lowest BCUT2D eigenvalue weighted by molar-refractivity contribution is -0.135. The maximum absolute atomic E-state index is 12.7. The van der Waals surface area contributed by atoms with E-state index in [1.54, 1.807) is 0 Å². The van der Waals surface area contributed by atoms with Gasteiger partial charge in [-0.25, -0.2) is 0 Å². The monoisotopic (exact) mass is 322 g/mol. The first-order valence-electron chi connectivity index (χ1n) is 8.31. The molecule has 1 amide bonds. The summed E-state index contributed by atoms with van der Waals surface area (Å²) in [5.74, 6) is 0.302. The molecule has 0 aromatic heterocycles. The lowest BCUT2D eigenvalue weighted by Crippen LogP contribution is -2.38. The Labute approximate surface area is 139 Å². The molecular formula is C18H27ClN2O. The van der Waals surface area contributed by atoms with Gasteiger partial charge in [-0.05, 0) is 56.6 Å². The number of rotatable bonds is 5. The van der Waals surface area contributed by atoms with Crippen LogP contribution in [0.15, 0.2) is 24.3 Å². The predicted octanol–water partition coefficient (Wildman–Crippen LogP) is 3.60. The molecular weight excluding hydrogens is 296 g/mol. The molecule has 0 aliphatic heterocycles. The summed E-state index contributed by atoms with van der Waals surface area (Å²) in [4.78, 5) is 14.9. The summed E-state index contributed by atoms with van der Waals surface area (Å²) in [7, 11) is 0. The zero-order valence-corrected chi connectivity index (χ0v) is 14.1. The molecule has 2 aliphatic carbocycles. The fourth-order valence-electron chi connectivity index (χ4n) is 3.48. The van der Waals surface area contributed by atoms with Gasteiger partial charge in [0.2, 0.25) is 5.91 Å². The first-order chi connectivity index (χ1) is 10.2. The summed E-state index contributed by atoms with van der Waals surface area (Å²) in [5, 5.41) is 0. The fraction of sp³-hybridized carbons (Fsp3) is 0.611. The van der Waals surface area contributed by atoms with E-state index in [0.29, 0.717) is 24.4 Å². The van der Waals surface area contributed by atoms with Crippen LogP contribution < -0.4 is 5.73 Å². The molecule has 122 valence electrons. The molecule has 2 N–H and O–H groups in total. The largest absolute Gasteiger partial charge is 0.333 e. The lowest BCUT2D eigenvalue weighted by atomic mass is 9.86. The topological polar surface area (TPSA) is 46.3 Å². The van der Waals surface area contributed by atoms with Crippen molar-refractivity contribution in [1.29, 1.82) is 0 Å². The maximum atomic E-state index is 12.7. The molecule has 1 aromatic rings. The van der Waals surface area contributed by atoms with Gasteiger partial charge in [-0.1, -0.05) is 24.3 Å². The van der Waals surface area contributed by atoms with E-state index in [1.165, 1.54) is 30.4 Å². The maximum Gasteiger partial charge on any atom is 0.223 e. The van der Waals surface area contributed by atoms with Crippen LogP contribution in [0.4, 0.5) is 0 Å². The third-order valence-corrected chi connectivity index (χ3v) is 4.72. The van der Waals surface area contributed by atoms with Crippen LogP contribution in [0.1, 0.15) is 62.6 Å². The van der Waals surface area contributed by atoms with E-state index >= 15 is 0 Å². The number of benzene rings is 1. The van der Waals surface area contributed by atoms with Crippen molar-refractivity contribution in [2.45, 2.75) is 70.0 Å². The molecule has 3 rings (SSSR count). The highest BCUT2D eigenvalue weighted by atomic mass is 35.5. The Balaban J connectivity index is 0.00000176. The summed E-state index contributed by atoms with van der Waals surface area (Å²) < 4.78 is 0. The number of hydrogen-bond donors (Lipinski definition) is 1. The van der Waals surface area contributed by atoms with Gasteiger partial charge in [0, 0.05) is 18.5 Å². The van der Waals surface area contributed by atoms with Crippen molar-refractivity contribution in [3.8, 4) is 0 Å². The molecule has 3 nitrogen and oxygen atoms in total. The normalized spacial score (nSPS) is 21.5. The van der Waals surface area contributed by atoms with E-state index in [9.17, 15) is 4.79 Å². The molecule has 1 saturated carbocycles. The van der Waals surface area contributed by atoms with Crippen molar-refractivity contribution in [3.05, 3.63) is 35.4 Å². The highest BCUT2D eigenvalue weighted by Gasteiger charge is 2.38. The van der Waals surface area contributed by atoms with E-state index in [4.69, 9.17) is 5.73 Å². The van der Waals surface area contributed by atoms with Crippen molar-refractivity contribution in [2.75, 3.05) is 0 Å². The minimum Gasteiger partial charge on any atom is -0.333 e. The Morgan fingerprint density at radius 2 is 2.05 bits per heavy atom. The van der Waals surface area contributed by atoms with E-state index in [0.717, 1.165) is 19.3 Å². The fourth-order valence-corrected chi connectivity index (χ4v) is 3.48. The van der Waals surface area contributed by atoms with Crippen molar-refractivity contribution in [1.82, 2.24) is 4.90 Å². The Morgan fingerprint density at radius 1 is 1.32 bits per heavy atom. The molecule has 2 aliphatic rings. The number of amides is 1. The Morgan fingerprint density at radius 3 is 2.73 bits per heavy atom. The Bertz CT molecular complexity index is 514. The van der Waals surface area contributed by atoms with Crippen LogP contribution >= 0.6 is 12.4 Å². The number of carbonyl (C=O) groups excluding carboxylic acids is 1. The molecule has 0 saturated heterocycles. The first-order valence-corrected chi connectivity index (χ1v) is 8.31. The van der Waals surface area contributed by atoms with Crippen LogP contribution in [0.25, 0.3) is 0 Å². The van der Waals surface area contributed by atoms with Crippen LogP contribution in [0.3, 0.4) is 0 Å². The van der Waals surface area contributed by atoms with E-state index < -0.39 is 0 Å². The van der Waals surface area contributed by atoms with Gasteiger partial charge in [0.25, 0.3) is 0 Å². The summed E-state index contributed by atoms with van der Waals surface area (Å²) in [6, 6.07) is 9.53. The molecule has 0 spiro atoms. The van der Waals surface area contributed by atoms with Gasteiger partial charge in [0.1, 0.15) is 0 Å². The average molecular weight is 323 g/mol. The van der Waals surface area contributed by atoms with Gasteiger partial charge >= 0.3 is 0 Å². The Hall–Kier alpha value is -1.06. The minimum atomic E-state index is 0. The summed E-state index contributed by atoms with van der Waals surface area (Å²) in [6.45, 7) is 1.98. The van der Waals surface area contributed by atoms with Gasteiger partial charge in [0.05, 0.1) is 6.04 Å². The summed E-state index contributed by atoms with van der Waals surface area (Å²) in [6.07, 6.45) is 7.16. The van der Waals surface area contributed by atoms with Crippen molar-refractivity contribution in [3.63, 3.8) is 0 Å². The molecule has 0 bridgehead atoms. The van der Waals surface area contributed by atoms with Gasteiger partial charge in [-0.2, -0.15) is 0 Å². The van der Waals surface area contributed by atoms with Gasteiger partial charge in [0.15, 0.2) is 0 Å². The first kappa shape index (κ1) is 17.3. The molecule has 0 heterocycles. The number of fused-ring (bicyclic) bond motifs is 1. The second-order valence-electron chi connectivity index (χ2n) is 6.65. The number of aryl methyl sites for hydroxylation is 1. The van der Waals surface area contributed by atoms with E-state index in [1.807, 2.05) is 6.92 Å². The SMILES string of the molecule is CC(N)CCC(=O)N(C1CC1)C1CCCc2ccccc21.Cl. The molecule has 1 aromatic carbocycles. The van der Waals surface area contributed by atoms with Gasteiger partial charge in [-0.3, -0.25) is 4.79 Å². The smallest absolute Gasteiger partial charge is 0.223 e. The summed E-state index contributed by atoms with van der Waals surface area (Å²) >= 11 is 0. The zero-order valence-electron chi connectivity index (χ0n) is 13.3. The molecule has 4 heteroatoms. The lowest BCUT2D eigenvalue weighted by Gasteiger charge is -2.36. The number of carbonyl (C=O) groups is 1. The van der Waals surface area contributed by atoms with Crippen LogP contribution in [-0.2, 0) is 11.2 Å². The standard InChI is InChI=1S/C18H26N2O.ClH/c1-13(19)9-12-18(21)20(15-10-11-15)17-8-4-6-14-5-2-3-7-16(14)17;/h2-3,5,7,13,15,17H,4,6,8-12,19H2,1H3;1H. The molecule has 2 atom stereocenters. The second kappa shape index (κ2) is 7.47. The number of hydrogen-bond acceptors (Lipinski definition) is 2. The number of nitrogens with two attached hydrogens (primary N) is 1. The highest BCUT2D eigenvalue weighted by Crippen LogP contribution is 2.41. The van der Waals surface area contributed by atoms with Crippen LogP contribution in [0.2, 0.25) is 0 Å². The minimum absolute atomic E-state index is 0. The van der Waals surface area contributed by atoms with Gasteiger partial charge < -0.3 is 10.6 Å². The number of halogens is 1. The van der Waals surface area contributed by atoms with E-state index in [-0.39, 0.29) is 18.4 Å². The second-order valence-corrected chi connectivity index (χ2v) is 6.65. The van der Waals surface area contributed by atoms with Crippen LogP contribution in [-0.4, -0.2) is 22.9 Å². The van der Waals surface area contributed by atoms with Crippen LogP contribution in [0, 0.1) is 0 Å². The number of nitrogens with zero attached hydrogens (tertiary/aromatic N) is 1. The molecule has 2 unspecified atom stereocenters. The van der Waals surface area contributed by atoms with E-state index in [2.05, 4.69) is 29.2 Å². The molecule has 1 fully saturated rings. The zero-order chi connectivity index (χ0) is 14.8. The van der Waals surface area contributed by atoms with Gasteiger partial charge in [-0.15, -0.1) is 12.4 Å². The Kier molecular flexibility index (Phi) is 5.87. The van der Waals surface area contributed by atoms with Crippen molar-refractivity contribution >= 4 is 18.3 Å². The molecule has 22 heavy (non-hydrogen) atoms.